The zero-order valence-electron chi connectivity index (χ0n) is 39.5. The zero-order chi connectivity index (χ0) is 43.7. The Balaban J connectivity index is 4.35. The maximum atomic E-state index is 12.7. The van der Waals surface area contributed by atoms with Gasteiger partial charge in [-0.15, -0.1) is 0 Å². The van der Waals surface area contributed by atoms with E-state index in [1.807, 2.05) is 0 Å². The van der Waals surface area contributed by atoms with Crippen LogP contribution in [0.25, 0.3) is 0 Å². The summed E-state index contributed by atoms with van der Waals surface area (Å²) >= 11 is 0. The average Bonchev–Trinajstić information content (AvgIpc) is 3.24. The van der Waals surface area contributed by atoms with Crippen molar-refractivity contribution in [1.29, 1.82) is 0 Å². The van der Waals surface area contributed by atoms with E-state index in [1.165, 1.54) is 103 Å². The molecule has 0 bridgehead atoms. The monoisotopic (exact) mass is 839 g/mol. The van der Waals surface area contributed by atoms with Gasteiger partial charge < -0.3 is 14.2 Å². The van der Waals surface area contributed by atoms with Crippen molar-refractivity contribution in [3.8, 4) is 0 Å². The van der Waals surface area contributed by atoms with E-state index in [9.17, 15) is 14.4 Å². The first-order valence-corrected chi connectivity index (χ1v) is 25.3. The van der Waals surface area contributed by atoms with Crippen LogP contribution >= 0.6 is 0 Å². The molecule has 60 heavy (non-hydrogen) atoms. The van der Waals surface area contributed by atoms with Gasteiger partial charge in [0.05, 0.1) is 0 Å². The normalized spacial score (nSPS) is 12.5. The summed E-state index contributed by atoms with van der Waals surface area (Å²) in [5.41, 5.74) is 0. The number of hydrogen-bond donors (Lipinski definition) is 0. The molecule has 0 aromatic rings. The van der Waals surface area contributed by atoms with Crippen molar-refractivity contribution in [3.63, 3.8) is 0 Å². The second-order valence-corrected chi connectivity index (χ2v) is 16.7. The molecule has 1 atom stereocenters. The molecule has 0 saturated carbocycles. The lowest BCUT2D eigenvalue weighted by molar-refractivity contribution is -0.167. The Kier molecular flexibility index (Phi) is 46.4. The van der Waals surface area contributed by atoms with Gasteiger partial charge in [-0.05, 0) is 89.9 Å². The van der Waals surface area contributed by atoms with Gasteiger partial charge in [-0.3, -0.25) is 14.4 Å². The van der Waals surface area contributed by atoms with E-state index in [-0.39, 0.29) is 31.1 Å². The summed E-state index contributed by atoms with van der Waals surface area (Å²) in [5.74, 6) is -0.938. The number of unbranched alkanes of at least 4 members (excludes halogenated alkanes) is 25. The Morgan fingerprint density at radius 2 is 0.717 bits per heavy atom. The summed E-state index contributed by atoms with van der Waals surface area (Å²) < 4.78 is 16.7. The molecule has 0 saturated heterocycles. The molecule has 6 nitrogen and oxygen atoms in total. The van der Waals surface area contributed by atoms with E-state index < -0.39 is 6.10 Å². The fourth-order valence-electron chi connectivity index (χ4n) is 6.92. The van der Waals surface area contributed by atoms with Crippen molar-refractivity contribution in [1.82, 2.24) is 0 Å². The van der Waals surface area contributed by atoms with Crippen molar-refractivity contribution in [3.05, 3.63) is 60.8 Å². The quantitative estimate of drug-likeness (QED) is 0.0200. The minimum absolute atomic E-state index is 0.0909. The van der Waals surface area contributed by atoms with Gasteiger partial charge in [0.15, 0.2) is 6.10 Å². The largest absolute Gasteiger partial charge is 0.462 e. The summed E-state index contributed by atoms with van der Waals surface area (Å²) in [6, 6.07) is 0. The molecule has 6 heteroatoms. The van der Waals surface area contributed by atoms with Gasteiger partial charge in [-0.1, -0.05) is 197 Å². The van der Waals surface area contributed by atoms with Crippen molar-refractivity contribution < 1.29 is 28.6 Å². The van der Waals surface area contributed by atoms with E-state index in [2.05, 4.69) is 81.5 Å². The van der Waals surface area contributed by atoms with E-state index in [4.69, 9.17) is 14.2 Å². The second-order valence-electron chi connectivity index (χ2n) is 16.7. The molecule has 0 radical (unpaired) electrons. The first-order chi connectivity index (χ1) is 29.5. The SMILES string of the molecule is CC/C=C\C/C=C\CCCCCCCC(=O)OC(COC(=O)CCCCC/C=C\C=C/CCCC)COC(=O)CCCCCCCCC/C=C\CCCCCCCCCC. The maximum absolute atomic E-state index is 12.7. The Morgan fingerprint density at radius 3 is 1.18 bits per heavy atom. The van der Waals surface area contributed by atoms with Crippen molar-refractivity contribution in [2.24, 2.45) is 0 Å². The van der Waals surface area contributed by atoms with Gasteiger partial charge in [-0.2, -0.15) is 0 Å². The summed E-state index contributed by atoms with van der Waals surface area (Å²) in [7, 11) is 0. The third kappa shape index (κ3) is 46.2. The van der Waals surface area contributed by atoms with Crippen LogP contribution < -0.4 is 0 Å². The van der Waals surface area contributed by atoms with Crippen LogP contribution in [0, 0.1) is 0 Å². The molecule has 0 heterocycles. The summed E-state index contributed by atoms with van der Waals surface area (Å²) in [5, 5.41) is 0. The van der Waals surface area contributed by atoms with E-state index in [0.717, 1.165) is 103 Å². The Bertz CT molecular complexity index is 1100. The average molecular weight is 839 g/mol. The number of carbonyl (C=O) groups is 3. The van der Waals surface area contributed by atoms with E-state index in [0.29, 0.717) is 19.3 Å². The number of rotatable bonds is 45. The van der Waals surface area contributed by atoms with Crippen LogP contribution in [0.5, 0.6) is 0 Å². The third-order valence-corrected chi connectivity index (χ3v) is 10.8. The van der Waals surface area contributed by atoms with Crippen LogP contribution in [0.1, 0.15) is 245 Å². The molecule has 0 rings (SSSR count). The minimum Gasteiger partial charge on any atom is -0.462 e. The van der Waals surface area contributed by atoms with Gasteiger partial charge in [0, 0.05) is 19.3 Å². The van der Waals surface area contributed by atoms with Crippen LogP contribution in [0.4, 0.5) is 0 Å². The molecule has 0 spiro atoms. The fourth-order valence-corrected chi connectivity index (χ4v) is 6.92. The molecule has 0 aromatic heterocycles. The lowest BCUT2D eigenvalue weighted by atomic mass is 10.1. The molecule has 1 unspecified atom stereocenters. The first-order valence-electron chi connectivity index (χ1n) is 25.3. The van der Waals surface area contributed by atoms with Crippen LogP contribution in [0.2, 0.25) is 0 Å². The minimum atomic E-state index is -0.792. The van der Waals surface area contributed by atoms with Crippen molar-refractivity contribution in [2.45, 2.75) is 252 Å². The summed E-state index contributed by atoms with van der Waals surface area (Å²) in [4.78, 5) is 37.8. The second kappa shape index (κ2) is 48.8. The third-order valence-electron chi connectivity index (χ3n) is 10.8. The van der Waals surface area contributed by atoms with Gasteiger partial charge in [0.25, 0.3) is 0 Å². The molecule has 0 aliphatic rings. The van der Waals surface area contributed by atoms with Crippen LogP contribution in [-0.2, 0) is 28.6 Å². The molecule has 0 aliphatic carbocycles. The predicted molar refractivity (Wildman–Crippen MR) is 256 cm³/mol. The lowest BCUT2D eigenvalue weighted by Crippen LogP contribution is -2.30. The fraction of sp³-hybridized carbons (Fsp3) is 0.759. The molecular weight excluding hydrogens is 745 g/mol. The summed E-state index contributed by atoms with van der Waals surface area (Å²) in [6.45, 7) is 6.44. The molecule has 346 valence electrons. The predicted octanol–water partition coefficient (Wildman–Crippen LogP) is 16.5. The standard InChI is InChI=1S/C54H94O6/c1-4-7-10-13-16-19-22-24-25-26-27-28-29-30-33-35-38-41-44-47-53(56)59-50-51(49-58-52(55)46-43-40-37-34-31-21-18-15-12-9-6-3)60-54(57)48-45-42-39-36-32-23-20-17-14-11-8-5-2/h8,11,15,17-18,20-21,26-27,31,51H,4-7,9-10,12-14,16,19,22-25,28-30,32-50H2,1-3H3/b11-8-,18-15-,20-17-,27-26-,31-21-. The number of ether oxygens (including phenoxy) is 3. The van der Waals surface area contributed by atoms with Crippen LogP contribution in [0.15, 0.2) is 60.8 Å². The lowest BCUT2D eigenvalue weighted by Gasteiger charge is -2.18. The topological polar surface area (TPSA) is 78.9 Å². The van der Waals surface area contributed by atoms with Crippen molar-refractivity contribution in [2.75, 3.05) is 13.2 Å². The van der Waals surface area contributed by atoms with Crippen molar-refractivity contribution >= 4 is 17.9 Å². The molecule has 0 amide bonds. The molecule has 0 N–H and O–H groups in total. The maximum Gasteiger partial charge on any atom is 0.306 e. The van der Waals surface area contributed by atoms with Gasteiger partial charge >= 0.3 is 17.9 Å². The highest BCUT2D eigenvalue weighted by Crippen LogP contribution is 2.14. The Hall–Kier alpha value is -2.89. The van der Waals surface area contributed by atoms with E-state index >= 15 is 0 Å². The van der Waals surface area contributed by atoms with E-state index in [1.54, 1.807) is 0 Å². The number of esters is 3. The zero-order valence-corrected chi connectivity index (χ0v) is 39.5. The van der Waals surface area contributed by atoms with Gasteiger partial charge in [0.1, 0.15) is 13.2 Å². The Morgan fingerprint density at radius 1 is 0.367 bits per heavy atom. The number of hydrogen-bond acceptors (Lipinski definition) is 6. The highest BCUT2D eigenvalue weighted by Gasteiger charge is 2.19. The first kappa shape index (κ1) is 57.1. The van der Waals surface area contributed by atoms with Crippen LogP contribution in [0.3, 0.4) is 0 Å². The molecule has 0 fully saturated rings. The van der Waals surface area contributed by atoms with Gasteiger partial charge in [0.2, 0.25) is 0 Å². The number of allylic oxidation sites excluding steroid dienone is 10. The smallest absolute Gasteiger partial charge is 0.306 e. The number of carbonyl (C=O) groups excluding carboxylic acids is 3. The highest BCUT2D eigenvalue weighted by atomic mass is 16.6. The highest BCUT2D eigenvalue weighted by molar-refractivity contribution is 5.71. The van der Waals surface area contributed by atoms with Gasteiger partial charge in [-0.25, -0.2) is 0 Å². The Labute approximate surface area is 370 Å². The molecule has 0 aliphatic heterocycles. The molecule has 0 aromatic carbocycles. The molecular formula is C54H94O6. The van der Waals surface area contributed by atoms with Crippen LogP contribution in [-0.4, -0.2) is 37.2 Å². The summed E-state index contributed by atoms with van der Waals surface area (Å²) in [6.07, 6.45) is 59.3.